The smallest absolute Gasteiger partial charge is 0.239 e. The molecule has 1 saturated heterocycles. The average molecular weight is 228 g/mol. The molecule has 2 amide bonds. The van der Waals surface area contributed by atoms with Gasteiger partial charge in [0.25, 0.3) is 0 Å². The summed E-state index contributed by atoms with van der Waals surface area (Å²) in [6.45, 7) is 3.76. The van der Waals surface area contributed by atoms with E-state index in [1.54, 1.807) is 14.1 Å². The van der Waals surface area contributed by atoms with Crippen molar-refractivity contribution in [1.82, 2.24) is 15.1 Å². The number of primary amides is 1. The topological polar surface area (TPSA) is 78.7 Å². The quantitative estimate of drug-likeness (QED) is 0.599. The van der Waals surface area contributed by atoms with Gasteiger partial charge in [-0.05, 0) is 6.92 Å². The van der Waals surface area contributed by atoms with Crippen molar-refractivity contribution in [2.75, 3.05) is 33.7 Å². The van der Waals surface area contributed by atoms with E-state index in [1.807, 2.05) is 11.8 Å². The van der Waals surface area contributed by atoms with E-state index in [1.165, 1.54) is 4.90 Å². The van der Waals surface area contributed by atoms with E-state index >= 15 is 0 Å². The van der Waals surface area contributed by atoms with E-state index in [9.17, 15) is 9.59 Å². The van der Waals surface area contributed by atoms with Gasteiger partial charge in [0.05, 0.1) is 6.04 Å². The molecule has 92 valence electrons. The molecule has 1 aliphatic heterocycles. The number of carbonyl (C=O) groups is 2. The first-order chi connectivity index (χ1) is 7.45. The highest BCUT2D eigenvalue weighted by Gasteiger charge is 2.33. The van der Waals surface area contributed by atoms with Crippen LogP contribution in [0.2, 0.25) is 0 Å². The zero-order valence-electron chi connectivity index (χ0n) is 10.1. The number of amides is 2. The van der Waals surface area contributed by atoms with Crippen molar-refractivity contribution in [2.45, 2.75) is 19.0 Å². The zero-order chi connectivity index (χ0) is 12.3. The second-order valence-corrected chi connectivity index (χ2v) is 4.27. The van der Waals surface area contributed by atoms with E-state index in [4.69, 9.17) is 5.73 Å². The van der Waals surface area contributed by atoms with Gasteiger partial charge < -0.3 is 16.0 Å². The third-order valence-electron chi connectivity index (χ3n) is 2.91. The minimum atomic E-state index is -0.396. The minimum Gasteiger partial charge on any atom is -0.368 e. The van der Waals surface area contributed by atoms with Crippen molar-refractivity contribution in [3.05, 3.63) is 0 Å². The Kier molecular flexibility index (Phi) is 4.26. The van der Waals surface area contributed by atoms with Crippen molar-refractivity contribution in [3.8, 4) is 0 Å². The number of rotatable bonds is 3. The predicted molar refractivity (Wildman–Crippen MR) is 60.7 cm³/mol. The monoisotopic (exact) mass is 228 g/mol. The lowest BCUT2D eigenvalue weighted by Gasteiger charge is -2.38. The zero-order valence-corrected chi connectivity index (χ0v) is 10.1. The van der Waals surface area contributed by atoms with Crippen LogP contribution in [-0.2, 0) is 9.59 Å². The molecule has 0 aromatic carbocycles. The molecule has 0 aromatic rings. The second kappa shape index (κ2) is 5.27. The standard InChI is InChI=1S/C10H20N4O2/c1-7(10(16)13(2)3)14-5-4-12-6-8(14)9(11)15/h7-8,12H,4-6H2,1-3H3,(H2,11,15). The molecule has 1 fully saturated rings. The van der Waals surface area contributed by atoms with E-state index in [0.29, 0.717) is 13.1 Å². The summed E-state index contributed by atoms with van der Waals surface area (Å²) in [5.41, 5.74) is 5.33. The van der Waals surface area contributed by atoms with Gasteiger partial charge in [-0.15, -0.1) is 0 Å². The van der Waals surface area contributed by atoms with Gasteiger partial charge in [-0.2, -0.15) is 0 Å². The number of piperazine rings is 1. The normalized spacial score (nSPS) is 23.8. The van der Waals surface area contributed by atoms with Crippen LogP contribution in [0.3, 0.4) is 0 Å². The number of nitrogens with zero attached hydrogens (tertiary/aromatic N) is 2. The number of hydrogen-bond acceptors (Lipinski definition) is 4. The van der Waals surface area contributed by atoms with Gasteiger partial charge >= 0.3 is 0 Å². The third kappa shape index (κ3) is 2.70. The Balaban J connectivity index is 2.75. The summed E-state index contributed by atoms with van der Waals surface area (Å²) < 4.78 is 0. The average Bonchev–Trinajstić information content (AvgIpc) is 2.26. The second-order valence-electron chi connectivity index (χ2n) is 4.27. The van der Waals surface area contributed by atoms with Crippen LogP contribution in [0.4, 0.5) is 0 Å². The van der Waals surface area contributed by atoms with Crippen molar-refractivity contribution in [2.24, 2.45) is 5.73 Å². The molecule has 1 heterocycles. The van der Waals surface area contributed by atoms with Gasteiger partial charge in [0.1, 0.15) is 6.04 Å². The molecule has 0 spiro atoms. The number of nitrogens with two attached hydrogens (primary N) is 1. The molecule has 0 radical (unpaired) electrons. The number of carbonyl (C=O) groups excluding carboxylic acids is 2. The first kappa shape index (κ1) is 12.9. The highest BCUT2D eigenvalue weighted by atomic mass is 16.2. The number of hydrogen-bond donors (Lipinski definition) is 2. The van der Waals surface area contributed by atoms with Gasteiger partial charge in [-0.1, -0.05) is 0 Å². The first-order valence-corrected chi connectivity index (χ1v) is 5.42. The van der Waals surface area contributed by atoms with Crippen LogP contribution < -0.4 is 11.1 Å². The van der Waals surface area contributed by atoms with Crippen molar-refractivity contribution in [1.29, 1.82) is 0 Å². The molecule has 16 heavy (non-hydrogen) atoms. The van der Waals surface area contributed by atoms with Crippen LogP contribution in [0.25, 0.3) is 0 Å². The van der Waals surface area contributed by atoms with E-state index in [2.05, 4.69) is 5.32 Å². The highest BCUT2D eigenvalue weighted by Crippen LogP contribution is 2.10. The van der Waals surface area contributed by atoms with E-state index < -0.39 is 6.04 Å². The fourth-order valence-electron chi connectivity index (χ4n) is 1.96. The first-order valence-electron chi connectivity index (χ1n) is 5.42. The predicted octanol–water partition coefficient (Wildman–Crippen LogP) is -1.78. The molecule has 1 rings (SSSR count). The van der Waals surface area contributed by atoms with Gasteiger partial charge in [-0.3, -0.25) is 14.5 Å². The molecule has 0 aromatic heterocycles. The molecule has 2 atom stereocenters. The summed E-state index contributed by atoms with van der Waals surface area (Å²) in [4.78, 5) is 26.5. The van der Waals surface area contributed by atoms with Gasteiger partial charge in [0, 0.05) is 33.7 Å². The Bertz CT molecular complexity index is 280. The fraction of sp³-hybridized carbons (Fsp3) is 0.800. The molecular formula is C10H20N4O2. The third-order valence-corrected chi connectivity index (χ3v) is 2.91. The summed E-state index contributed by atoms with van der Waals surface area (Å²) in [6, 6.07) is -0.706. The van der Waals surface area contributed by atoms with Crippen molar-refractivity contribution < 1.29 is 9.59 Å². The Hall–Kier alpha value is -1.14. The lowest BCUT2D eigenvalue weighted by molar-refractivity contribution is -0.137. The SMILES string of the molecule is CC(C(=O)N(C)C)N1CCNCC1C(N)=O. The van der Waals surface area contributed by atoms with Crippen molar-refractivity contribution in [3.63, 3.8) is 0 Å². The van der Waals surface area contributed by atoms with Gasteiger partial charge in [0.2, 0.25) is 11.8 Å². The van der Waals surface area contributed by atoms with Crippen LogP contribution in [0, 0.1) is 0 Å². The largest absolute Gasteiger partial charge is 0.368 e. The Morgan fingerprint density at radius 3 is 2.62 bits per heavy atom. The molecule has 6 nitrogen and oxygen atoms in total. The van der Waals surface area contributed by atoms with E-state index in [0.717, 1.165) is 6.54 Å². The Morgan fingerprint density at radius 1 is 1.50 bits per heavy atom. The van der Waals surface area contributed by atoms with Gasteiger partial charge in [-0.25, -0.2) is 0 Å². The van der Waals surface area contributed by atoms with Gasteiger partial charge in [0.15, 0.2) is 0 Å². The maximum absolute atomic E-state index is 11.8. The lowest BCUT2D eigenvalue weighted by Crippen LogP contribution is -2.61. The number of likely N-dealkylation sites (N-methyl/N-ethyl adjacent to an activating group) is 1. The summed E-state index contributed by atoms with van der Waals surface area (Å²) >= 11 is 0. The van der Waals surface area contributed by atoms with E-state index in [-0.39, 0.29) is 17.9 Å². The molecular weight excluding hydrogens is 208 g/mol. The Morgan fingerprint density at radius 2 is 2.12 bits per heavy atom. The van der Waals surface area contributed by atoms with Crippen LogP contribution in [0.15, 0.2) is 0 Å². The summed E-state index contributed by atoms with van der Waals surface area (Å²) in [5, 5.41) is 3.10. The molecule has 6 heteroatoms. The molecule has 1 aliphatic rings. The van der Waals surface area contributed by atoms with Crippen molar-refractivity contribution >= 4 is 11.8 Å². The minimum absolute atomic E-state index is 0.00634. The lowest BCUT2D eigenvalue weighted by atomic mass is 10.1. The van der Waals surface area contributed by atoms with Crippen LogP contribution >= 0.6 is 0 Å². The fourth-order valence-corrected chi connectivity index (χ4v) is 1.96. The maximum Gasteiger partial charge on any atom is 0.239 e. The molecule has 0 bridgehead atoms. The molecule has 3 N–H and O–H groups in total. The number of nitrogens with one attached hydrogen (secondary N) is 1. The van der Waals surface area contributed by atoms with Crippen LogP contribution in [-0.4, -0.2) is 67.4 Å². The highest BCUT2D eigenvalue weighted by molar-refractivity contribution is 5.84. The summed E-state index contributed by atoms with van der Waals surface area (Å²) in [5.74, 6) is -0.390. The molecule has 2 unspecified atom stereocenters. The molecule has 0 aliphatic carbocycles. The van der Waals surface area contributed by atoms with Crippen LogP contribution in [0.1, 0.15) is 6.92 Å². The molecule has 0 saturated carbocycles. The summed E-state index contributed by atoms with van der Waals surface area (Å²) in [6.07, 6.45) is 0. The summed E-state index contributed by atoms with van der Waals surface area (Å²) in [7, 11) is 3.42. The Labute approximate surface area is 95.8 Å². The van der Waals surface area contributed by atoms with Crippen LogP contribution in [0.5, 0.6) is 0 Å². The maximum atomic E-state index is 11.8.